The summed E-state index contributed by atoms with van der Waals surface area (Å²) in [6, 6.07) is 19.9. The Labute approximate surface area is 173 Å². The average molecular weight is 398 g/mol. The smallest absolute Gasteiger partial charge is 0.325 e. The summed E-state index contributed by atoms with van der Waals surface area (Å²) in [6.07, 6.45) is 2.01. The summed E-state index contributed by atoms with van der Waals surface area (Å²) < 4.78 is 17.7. The topological polar surface area (TPSA) is 70.8 Å². The molecule has 5 heteroatoms. The Bertz CT molecular complexity index is 737. The maximum absolute atomic E-state index is 12.2. The Morgan fingerprint density at radius 2 is 1.66 bits per heavy atom. The number of benzene rings is 2. The van der Waals surface area contributed by atoms with Crippen LogP contribution in [0.4, 0.5) is 0 Å². The molecule has 0 radical (unpaired) electrons. The van der Waals surface area contributed by atoms with Crippen LogP contribution < -0.4 is 5.73 Å². The number of carbonyl (C=O) groups excluding carboxylic acids is 1. The molecule has 29 heavy (non-hydrogen) atoms. The molecule has 2 aromatic carbocycles. The van der Waals surface area contributed by atoms with Gasteiger partial charge < -0.3 is 19.9 Å². The summed E-state index contributed by atoms with van der Waals surface area (Å²) in [5, 5.41) is 0. The van der Waals surface area contributed by atoms with E-state index in [-0.39, 0.29) is 24.7 Å². The van der Waals surface area contributed by atoms with Crippen LogP contribution in [0.3, 0.4) is 0 Å². The Morgan fingerprint density at radius 1 is 1.00 bits per heavy atom. The highest BCUT2D eigenvalue weighted by atomic mass is 16.6. The Kier molecular flexibility index (Phi) is 8.23. The van der Waals surface area contributed by atoms with Crippen LogP contribution >= 0.6 is 0 Å². The van der Waals surface area contributed by atoms with E-state index in [1.807, 2.05) is 43.3 Å². The third-order valence-corrected chi connectivity index (χ3v) is 5.27. The van der Waals surface area contributed by atoms with E-state index in [1.165, 1.54) is 11.1 Å². The number of esters is 1. The van der Waals surface area contributed by atoms with Gasteiger partial charge in [0.05, 0.1) is 19.3 Å². The van der Waals surface area contributed by atoms with Crippen LogP contribution in [0.25, 0.3) is 0 Å². The van der Waals surface area contributed by atoms with Gasteiger partial charge in [0.25, 0.3) is 0 Å². The van der Waals surface area contributed by atoms with Crippen molar-refractivity contribution in [2.24, 2.45) is 11.7 Å². The quantitative estimate of drug-likeness (QED) is 0.574. The van der Waals surface area contributed by atoms with Crippen LogP contribution in [-0.4, -0.2) is 44.0 Å². The van der Waals surface area contributed by atoms with Crippen molar-refractivity contribution in [2.75, 3.05) is 19.8 Å². The fourth-order valence-electron chi connectivity index (χ4n) is 3.73. The van der Waals surface area contributed by atoms with Gasteiger partial charge in [-0.05, 0) is 37.3 Å². The van der Waals surface area contributed by atoms with Crippen LogP contribution in [0.15, 0.2) is 60.7 Å². The van der Waals surface area contributed by atoms with E-state index in [9.17, 15) is 4.79 Å². The van der Waals surface area contributed by atoms with Crippen molar-refractivity contribution in [1.29, 1.82) is 0 Å². The number of ether oxygens (including phenoxy) is 3. The van der Waals surface area contributed by atoms with Crippen LogP contribution in [0.1, 0.15) is 24.5 Å². The average Bonchev–Trinajstić information content (AvgIpc) is 2.78. The lowest BCUT2D eigenvalue weighted by Crippen LogP contribution is -2.42. The molecule has 0 aliphatic carbocycles. The minimum atomic E-state index is -0.758. The number of aryl methyl sites for hydroxylation is 1. The zero-order valence-electron chi connectivity index (χ0n) is 17.0. The molecule has 5 nitrogen and oxygen atoms in total. The number of hydrogen-bond donors (Lipinski definition) is 1. The van der Waals surface area contributed by atoms with E-state index in [4.69, 9.17) is 19.9 Å². The van der Waals surface area contributed by atoms with Gasteiger partial charge in [0.2, 0.25) is 0 Å². The molecule has 3 rings (SSSR count). The largest absolute Gasteiger partial charge is 0.459 e. The minimum absolute atomic E-state index is 0.0715. The van der Waals surface area contributed by atoms with E-state index in [2.05, 4.69) is 24.3 Å². The first-order valence-electron chi connectivity index (χ1n) is 10.4. The number of carbonyl (C=O) groups is 1. The Morgan fingerprint density at radius 3 is 2.34 bits per heavy atom. The third kappa shape index (κ3) is 6.67. The van der Waals surface area contributed by atoms with E-state index in [0.29, 0.717) is 13.2 Å². The van der Waals surface area contributed by atoms with Crippen molar-refractivity contribution < 1.29 is 19.0 Å². The molecular formula is C24H31NO4. The molecule has 4 atom stereocenters. The molecule has 1 aliphatic rings. The van der Waals surface area contributed by atoms with E-state index in [1.54, 1.807) is 0 Å². The van der Waals surface area contributed by atoms with Gasteiger partial charge in [0.1, 0.15) is 12.1 Å². The molecule has 0 amide bonds. The number of nitrogens with two attached hydrogens (primary N) is 1. The molecule has 1 heterocycles. The molecule has 0 unspecified atom stereocenters. The zero-order valence-corrected chi connectivity index (χ0v) is 17.0. The predicted molar refractivity (Wildman–Crippen MR) is 112 cm³/mol. The lowest BCUT2D eigenvalue weighted by molar-refractivity contribution is -0.159. The third-order valence-electron chi connectivity index (χ3n) is 5.27. The summed E-state index contributed by atoms with van der Waals surface area (Å²) in [5.41, 5.74) is 8.37. The fraction of sp³-hybridized carbons (Fsp3) is 0.458. The second kappa shape index (κ2) is 11.1. The van der Waals surface area contributed by atoms with Crippen molar-refractivity contribution in [3.63, 3.8) is 0 Å². The first-order valence-corrected chi connectivity index (χ1v) is 10.4. The van der Waals surface area contributed by atoms with E-state index < -0.39 is 12.0 Å². The van der Waals surface area contributed by atoms with Crippen LogP contribution in [-0.2, 0) is 31.8 Å². The van der Waals surface area contributed by atoms with Crippen LogP contribution in [0, 0.1) is 5.92 Å². The molecule has 2 N–H and O–H groups in total. The first kappa shape index (κ1) is 21.5. The summed E-state index contributed by atoms with van der Waals surface area (Å²) in [6.45, 7) is 3.12. The molecule has 0 saturated carbocycles. The highest BCUT2D eigenvalue weighted by molar-refractivity contribution is 5.75. The highest BCUT2D eigenvalue weighted by Crippen LogP contribution is 2.23. The van der Waals surface area contributed by atoms with Gasteiger partial charge in [-0.3, -0.25) is 4.79 Å². The normalized spacial score (nSPS) is 25.5. The van der Waals surface area contributed by atoms with E-state index >= 15 is 0 Å². The summed E-state index contributed by atoms with van der Waals surface area (Å²) in [4.78, 5) is 12.2. The van der Waals surface area contributed by atoms with Crippen LogP contribution in [0.2, 0.25) is 0 Å². The number of hydrogen-bond acceptors (Lipinski definition) is 5. The van der Waals surface area contributed by atoms with Gasteiger partial charge in [0.15, 0.2) is 0 Å². The van der Waals surface area contributed by atoms with Gasteiger partial charge in [-0.1, -0.05) is 60.7 Å². The second-order valence-corrected chi connectivity index (χ2v) is 7.66. The summed E-state index contributed by atoms with van der Waals surface area (Å²) in [5.74, 6) is -0.363. The predicted octanol–water partition coefficient (Wildman–Crippen LogP) is 3.15. The molecule has 2 aromatic rings. The number of cyclic esters (lactones) is 1. The Balaban J connectivity index is 1.66. The molecule has 0 aromatic heterocycles. The SMILES string of the molecule is C[C@@H]1OC(=O)[C@@H](N)COC[C@H](Cc2ccccc2)[C@H]1OCCCc1ccccc1. The van der Waals surface area contributed by atoms with Crippen molar-refractivity contribution >= 4 is 5.97 Å². The molecule has 1 fully saturated rings. The fourth-order valence-corrected chi connectivity index (χ4v) is 3.73. The van der Waals surface area contributed by atoms with Gasteiger partial charge in [-0.15, -0.1) is 0 Å². The molecule has 1 saturated heterocycles. The molecule has 0 bridgehead atoms. The van der Waals surface area contributed by atoms with Gasteiger partial charge in [0, 0.05) is 12.5 Å². The highest BCUT2D eigenvalue weighted by Gasteiger charge is 2.33. The zero-order chi connectivity index (χ0) is 20.5. The Hall–Kier alpha value is -2.21. The van der Waals surface area contributed by atoms with Crippen molar-refractivity contribution in [3.05, 3.63) is 71.8 Å². The lowest BCUT2D eigenvalue weighted by Gasteiger charge is -2.31. The van der Waals surface area contributed by atoms with Gasteiger partial charge in [-0.2, -0.15) is 0 Å². The van der Waals surface area contributed by atoms with Crippen molar-refractivity contribution in [1.82, 2.24) is 0 Å². The molecule has 0 spiro atoms. The van der Waals surface area contributed by atoms with Crippen LogP contribution in [0.5, 0.6) is 0 Å². The van der Waals surface area contributed by atoms with Gasteiger partial charge >= 0.3 is 5.97 Å². The lowest BCUT2D eigenvalue weighted by atomic mass is 9.91. The molecule has 1 aliphatic heterocycles. The molecular weight excluding hydrogens is 366 g/mol. The maximum Gasteiger partial charge on any atom is 0.325 e. The summed E-state index contributed by atoms with van der Waals surface area (Å²) >= 11 is 0. The standard InChI is InChI=1S/C24H31NO4/c1-18-23(28-14-8-13-19-9-4-2-5-10-19)21(15-20-11-6-3-7-12-20)16-27-17-22(25)24(26)29-18/h2-7,9-12,18,21-23H,8,13-17,25H2,1H3/t18-,21-,22-,23-/m0/s1. The maximum atomic E-state index is 12.2. The monoisotopic (exact) mass is 397 g/mol. The minimum Gasteiger partial charge on any atom is -0.459 e. The van der Waals surface area contributed by atoms with Crippen molar-refractivity contribution in [3.8, 4) is 0 Å². The second-order valence-electron chi connectivity index (χ2n) is 7.66. The summed E-state index contributed by atoms with van der Waals surface area (Å²) in [7, 11) is 0. The first-order chi connectivity index (χ1) is 14.1. The van der Waals surface area contributed by atoms with E-state index in [0.717, 1.165) is 19.3 Å². The van der Waals surface area contributed by atoms with Crippen molar-refractivity contribution in [2.45, 2.75) is 44.4 Å². The number of rotatable bonds is 7. The van der Waals surface area contributed by atoms with Gasteiger partial charge in [-0.25, -0.2) is 0 Å². The molecule has 156 valence electrons.